The second-order valence-electron chi connectivity index (χ2n) is 5.97. The highest BCUT2D eigenvalue weighted by Gasteiger charge is 2.23. The second kappa shape index (κ2) is 11.5. The van der Waals surface area contributed by atoms with Gasteiger partial charge < -0.3 is 15.4 Å². The molecule has 2 N–H and O–H groups in total. The summed E-state index contributed by atoms with van der Waals surface area (Å²) >= 11 is 1.81. The van der Waals surface area contributed by atoms with Gasteiger partial charge in [-0.05, 0) is 17.0 Å². The van der Waals surface area contributed by atoms with Crippen LogP contribution in [0.25, 0.3) is 0 Å². The lowest BCUT2D eigenvalue weighted by Crippen LogP contribution is -2.46. The van der Waals surface area contributed by atoms with Crippen LogP contribution in [0.15, 0.2) is 52.8 Å². The van der Waals surface area contributed by atoms with Gasteiger partial charge in [0.15, 0.2) is 5.96 Å². The Hall–Kier alpha value is -1.16. The van der Waals surface area contributed by atoms with Gasteiger partial charge in [-0.15, -0.1) is 35.3 Å². The largest absolute Gasteiger partial charge is 0.379 e. The number of morpholine rings is 1. The average molecular weight is 486 g/mol. The lowest BCUT2D eigenvalue weighted by molar-refractivity contribution is 0.0177. The van der Waals surface area contributed by atoms with Crippen molar-refractivity contribution in [3.05, 3.63) is 58.3 Å². The third-order valence-electron chi connectivity index (χ3n) is 4.35. The summed E-state index contributed by atoms with van der Waals surface area (Å²) in [5.74, 6) is 0.832. The summed E-state index contributed by atoms with van der Waals surface area (Å²) in [7, 11) is 1.81. The Labute approximate surface area is 176 Å². The molecular formula is C19H27IN4OS. The van der Waals surface area contributed by atoms with Crippen molar-refractivity contribution in [1.29, 1.82) is 0 Å². The van der Waals surface area contributed by atoms with Crippen LogP contribution in [-0.2, 0) is 11.3 Å². The number of hydrogen-bond donors (Lipinski definition) is 2. The average Bonchev–Trinajstić information content (AvgIpc) is 3.20. The van der Waals surface area contributed by atoms with Gasteiger partial charge in [0.05, 0.1) is 19.3 Å². The molecule has 1 aromatic heterocycles. The molecule has 7 heteroatoms. The molecule has 0 aliphatic carbocycles. The van der Waals surface area contributed by atoms with E-state index in [1.807, 2.05) is 24.5 Å². The molecule has 0 radical (unpaired) electrons. The first kappa shape index (κ1) is 21.1. The quantitative estimate of drug-likeness (QED) is 0.375. The van der Waals surface area contributed by atoms with Gasteiger partial charge in [-0.2, -0.15) is 0 Å². The maximum absolute atomic E-state index is 5.51. The van der Waals surface area contributed by atoms with E-state index in [2.05, 4.69) is 62.3 Å². The topological polar surface area (TPSA) is 48.9 Å². The van der Waals surface area contributed by atoms with Crippen molar-refractivity contribution in [2.75, 3.05) is 39.9 Å². The Bertz CT molecular complexity index is 645. The predicted molar refractivity (Wildman–Crippen MR) is 120 cm³/mol. The zero-order valence-corrected chi connectivity index (χ0v) is 18.2. The van der Waals surface area contributed by atoms with Crippen molar-refractivity contribution in [2.45, 2.75) is 12.6 Å². The Kier molecular flexibility index (Phi) is 9.38. The highest BCUT2D eigenvalue weighted by Crippen LogP contribution is 2.25. The van der Waals surface area contributed by atoms with Crippen LogP contribution < -0.4 is 10.6 Å². The van der Waals surface area contributed by atoms with Crippen LogP contribution in [0.3, 0.4) is 0 Å². The number of ether oxygens (including phenoxy) is 1. The summed E-state index contributed by atoms with van der Waals surface area (Å²) in [6.45, 7) is 5.16. The molecule has 1 aromatic carbocycles. The fourth-order valence-electron chi connectivity index (χ4n) is 2.98. The monoisotopic (exact) mass is 486 g/mol. The Morgan fingerprint density at radius 2 is 1.92 bits per heavy atom. The first-order valence-corrected chi connectivity index (χ1v) is 9.58. The summed E-state index contributed by atoms with van der Waals surface area (Å²) in [5, 5.41) is 9.02. The minimum absolute atomic E-state index is 0. The van der Waals surface area contributed by atoms with Crippen LogP contribution in [-0.4, -0.2) is 50.8 Å². The van der Waals surface area contributed by atoms with Crippen LogP contribution in [0.2, 0.25) is 0 Å². The molecule has 1 atom stereocenters. The first-order valence-electron chi connectivity index (χ1n) is 8.70. The van der Waals surface area contributed by atoms with Crippen molar-refractivity contribution in [3.63, 3.8) is 0 Å². The van der Waals surface area contributed by atoms with Crippen molar-refractivity contribution in [3.8, 4) is 0 Å². The van der Waals surface area contributed by atoms with Gasteiger partial charge >= 0.3 is 0 Å². The molecule has 2 aromatic rings. The van der Waals surface area contributed by atoms with E-state index in [1.54, 1.807) is 0 Å². The van der Waals surface area contributed by atoms with Crippen LogP contribution in [0.1, 0.15) is 16.5 Å². The second-order valence-corrected chi connectivity index (χ2v) is 6.95. The van der Waals surface area contributed by atoms with E-state index >= 15 is 0 Å². The molecule has 3 rings (SSSR count). The van der Waals surface area contributed by atoms with E-state index in [0.717, 1.165) is 45.4 Å². The SMILES string of the molecule is CN=C(NCc1ccccc1)NCC(c1cccs1)N1CCOCC1.I. The third-order valence-corrected chi connectivity index (χ3v) is 5.32. The van der Waals surface area contributed by atoms with Gasteiger partial charge in [-0.25, -0.2) is 0 Å². The lowest BCUT2D eigenvalue weighted by atomic mass is 10.2. The number of nitrogens with zero attached hydrogens (tertiary/aromatic N) is 2. The fourth-order valence-corrected chi connectivity index (χ4v) is 3.84. The van der Waals surface area contributed by atoms with Crippen molar-refractivity contribution < 1.29 is 4.74 Å². The summed E-state index contributed by atoms with van der Waals surface area (Å²) in [5.41, 5.74) is 1.24. The molecule has 0 bridgehead atoms. The van der Waals surface area contributed by atoms with Gasteiger partial charge in [0.25, 0.3) is 0 Å². The van der Waals surface area contributed by atoms with E-state index in [4.69, 9.17) is 4.74 Å². The molecule has 0 saturated carbocycles. The summed E-state index contributed by atoms with van der Waals surface area (Å²) in [6.07, 6.45) is 0. The number of rotatable bonds is 6. The van der Waals surface area contributed by atoms with Crippen LogP contribution in [0, 0.1) is 0 Å². The van der Waals surface area contributed by atoms with Gasteiger partial charge in [0.2, 0.25) is 0 Å². The van der Waals surface area contributed by atoms with Gasteiger partial charge in [0.1, 0.15) is 0 Å². The van der Waals surface area contributed by atoms with E-state index in [0.29, 0.717) is 6.04 Å². The minimum atomic E-state index is 0. The number of guanidine groups is 1. The van der Waals surface area contributed by atoms with E-state index in [9.17, 15) is 0 Å². The number of thiophene rings is 1. The maximum Gasteiger partial charge on any atom is 0.191 e. The zero-order chi connectivity index (χ0) is 17.3. The van der Waals surface area contributed by atoms with Crippen LogP contribution >= 0.6 is 35.3 Å². The minimum Gasteiger partial charge on any atom is -0.379 e. The number of halogens is 1. The number of benzene rings is 1. The van der Waals surface area contributed by atoms with Gasteiger partial charge in [-0.3, -0.25) is 9.89 Å². The molecule has 1 fully saturated rings. The summed E-state index contributed by atoms with van der Waals surface area (Å²) in [4.78, 5) is 8.23. The molecule has 1 saturated heterocycles. The van der Waals surface area contributed by atoms with Crippen molar-refractivity contribution in [2.24, 2.45) is 4.99 Å². The summed E-state index contributed by atoms with van der Waals surface area (Å²) < 4.78 is 5.51. The molecule has 1 aliphatic heterocycles. The van der Waals surface area contributed by atoms with Crippen LogP contribution in [0.5, 0.6) is 0 Å². The molecule has 1 aliphatic rings. The fraction of sp³-hybridized carbons (Fsp3) is 0.421. The Morgan fingerprint density at radius 1 is 1.15 bits per heavy atom. The molecule has 1 unspecified atom stereocenters. The third kappa shape index (κ3) is 6.22. The van der Waals surface area contributed by atoms with Gasteiger partial charge in [0, 0.05) is 38.1 Å². The maximum atomic E-state index is 5.51. The molecule has 0 spiro atoms. The summed E-state index contributed by atoms with van der Waals surface area (Å²) in [6, 6.07) is 15.0. The van der Waals surface area contributed by atoms with E-state index < -0.39 is 0 Å². The molecule has 0 amide bonds. The number of hydrogen-bond acceptors (Lipinski definition) is 4. The highest BCUT2D eigenvalue weighted by molar-refractivity contribution is 14.0. The Balaban J connectivity index is 0.00000243. The molecule has 2 heterocycles. The number of aliphatic imine (C=N–C) groups is 1. The smallest absolute Gasteiger partial charge is 0.191 e. The van der Waals surface area contributed by atoms with E-state index in [-0.39, 0.29) is 24.0 Å². The lowest BCUT2D eigenvalue weighted by Gasteiger charge is -2.34. The van der Waals surface area contributed by atoms with Gasteiger partial charge in [-0.1, -0.05) is 36.4 Å². The standard InChI is InChI=1S/C19H26N4OS.HI/c1-20-19(21-14-16-6-3-2-4-7-16)22-15-17(18-8-5-13-25-18)23-9-11-24-12-10-23;/h2-8,13,17H,9-12,14-15H2,1H3,(H2,20,21,22);1H. The zero-order valence-electron chi connectivity index (χ0n) is 15.1. The molecule has 142 valence electrons. The predicted octanol–water partition coefficient (Wildman–Crippen LogP) is 3.10. The normalized spacial score (nSPS) is 16.6. The Morgan fingerprint density at radius 3 is 2.58 bits per heavy atom. The van der Waals surface area contributed by atoms with Crippen molar-refractivity contribution >= 4 is 41.3 Å². The van der Waals surface area contributed by atoms with E-state index in [1.165, 1.54) is 10.4 Å². The first-order chi connectivity index (χ1) is 12.4. The number of nitrogens with one attached hydrogen (secondary N) is 2. The highest BCUT2D eigenvalue weighted by atomic mass is 127. The van der Waals surface area contributed by atoms with Crippen molar-refractivity contribution in [1.82, 2.24) is 15.5 Å². The molecular weight excluding hydrogens is 459 g/mol. The molecule has 26 heavy (non-hydrogen) atoms. The van der Waals surface area contributed by atoms with Crippen LogP contribution in [0.4, 0.5) is 0 Å². The molecule has 5 nitrogen and oxygen atoms in total.